The van der Waals surface area contributed by atoms with Crippen molar-refractivity contribution in [1.82, 2.24) is 10.3 Å². The largest absolute Gasteiger partial charge is 0.352 e. The van der Waals surface area contributed by atoms with Crippen molar-refractivity contribution in [1.29, 1.82) is 0 Å². The lowest BCUT2D eigenvalue weighted by molar-refractivity contribution is -0.125. The summed E-state index contributed by atoms with van der Waals surface area (Å²) in [5, 5.41) is 2.76. The minimum atomic E-state index is -0.220. The van der Waals surface area contributed by atoms with E-state index in [1.807, 2.05) is 0 Å². The summed E-state index contributed by atoms with van der Waals surface area (Å²) in [5.41, 5.74) is 6.32. The first-order valence-corrected chi connectivity index (χ1v) is 5.21. The first-order chi connectivity index (χ1) is 7.50. The lowest BCUT2D eigenvalue weighted by atomic mass is 10.0. The molecule has 0 saturated heterocycles. The molecule has 1 rings (SSSR count). The van der Waals surface area contributed by atoms with Gasteiger partial charge in [0.25, 0.3) is 0 Å². The highest BCUT2D eigenvalue weighted by atomic mass is 16.2. The Balaban J connectivity index is 2.49. The van der Waals surface area contributed by atoms with E-state index in [1.165, 1.54) is 6.07 Å². The molecule has 0 fully saturated rings. The molecule has 0 aromatic carbocycles. The van der Waals surface area contributed by atoms with Crippen LogP contribution in [0.15, 0.2) is 23.1 Å². The number of H-pyrrole nitrogens is 1. The van der Waals surface area contributed by atoms with Crippen LogP contribution in [0.4, 0.5) is 0 Å². The van der Waals surface area contributed by atoms with Crippen LogP contribution < -0.4 is 16.6 Å². The SMILES string of the molecule is CC(N)C(C)C(=O)NCc1ccc(=O)[nH]c1. The second-order valence-corrected chi connectivity index (χ2v) is 3.93. The van der Waals surface area contributed by atoms with Crippen LogP contribution in [0.3, 0.4) is 0 Å². The van der Waals surface area contributed by atoms with Crippen LogP contribution in [-0.2, 0) is 11.3 Å². The monoisotopic (exact) mass is 223 g/mol. The Morgan fingerprint density at radius 2 is 2.19 bits per heavy atom. The Bertz CT molecular complexity index is 391. The van der Waals surface area contributed by atoms with Gasteiger partial charge in [0.1, 0.15) is 0 Å². The zero-order chi connectivity index (χ0) is 12.1. The van der Waals surface area contributed by atoms with Crippen LogP contribution in [0.25, 0.3) is 0 Å². The van der Waals surface area contributed by atoms with Crippen molar-refractivity contribution in [3.63, 3.8) is 0 Å². The van der Waals surface area contributed by atoms with Gasteiger partial charge in [-0.2, -0.15) is 0 Å². The predicted molar refractivity (Wildman–Crippen MR) is 61.7 cm³/mol. The number of pyridine rings is 1. The molecular formula is C11H17N3O2. The molecule has 5 nitrogen and oxygen atoms in total. The third kappa shape index (κ3) is 3.51. The van der Waals surface area contributed by atoms with Crippen LogP contribution in [0, 0.1) is 5.92 Å². The lowest BCUT2D eigenvalue weighted by Gasteiger charge is -2.15. The topological polar surface area (TPSA) is 88.0 Å². The summed E-state index contributed by atoms with van der Waals surface area (Å²) in [6.45, 7) is 3.98. The van der Waals surface area contributed by atoms with E-state index in [1.54, 1.807) is 26.1 Å². The molecule has 0 aliphatic heterocycles. The number of hydrogen-bond donors (Lipinski definition) is 3. The summed E-state index contributed by atoms with van der Waals surface area (Å²) in [6.07, 6.45) is 1.58. The highest BCUT2D eigenvalue weighted by molar-refractivity contribution is 5.78. The van der Waals surface area contributed by atoms with Gasteiger partial charge in [-0.25, -0.2) is 0 Å². The maximum Gasteiger partial charge on any atom is 0.247 e. The molecule has 0 saturated carbocycles. The van der Waals surface area contributed by atoms with Gasteiger partial charge in [0.05, 0.1) is 0 Å². The Hall–Kier alpha value is -1.62. The van der Waals surface area contributed by atoms with Crippen LogP contribution >= 0.6 is 0 Å². The minimum Gasteiger partial charge on any atom is -0.352 e. The molecule has 1 aromatic rings. The standard InChI is InChI=1S/C11H17N3O2/c1-7(8(2)12)11(16)14-6-9-3-4-10(15)13-5-9/h3-5,7-8H,6,12H2,1-2H3,(H,13,15)(H,14,16). The fourth-order valence-electron chi connectivity index (χ4n) is 1.14. The third-order valence-electron chi connectivity index (χ3n) is 2.52. The van der Waals surface area contributed by atoms with Gasteiger partial charge in [-0.3, -0.25) is 9.59 Å². The van der Waals surface area contributed by atoms with Crippen molar-refractivity contribution < 1.29 is 4.79 Å². The number of carbonyl (C=O) groups excluding carboxylic acids is 1. The maximum atomic E-state index is 11.6. The molecule has 16 heavy (non-hydrogen) atoms. The van der Waals surface area contributed by atoms with E-state index < -0.39 is 0 Å². The molecule has 1 heterocycles. The van der Waals surface area contributed by atoms with E-state index in [0.29, 0.717) is 6.54 Å². The molecule has 0 aliphatic carbocycles. The maximum absolute atomic E-state index is 11.6. The zero-order valence-corrected chi connectivity index (χ0v) is 9.49. The molecule has 0 aliphatic rings. The van der Waals surface area contributed by atoms with Gasteiger partial charge in [0.15, 0.2) is 0 Å². The molecule has 2 unspecified atom stereocenters. The third-order valence-corrected chi connectivity index (χ3v) is 2.52. The second-order valence-electron chi connectivity index (χ2n) is 3.93. The van der Waals surface area contributed by atoms with Crippen LogP contribution in [0.5, 0.6) is 0 Å². The number of amides is 1. The Morgan fingerprint density at radius 3 is 2.69 bits per heavy atom. The van der Waals surface area contributed by atoms with Crippen LogP contribution in [-0.4, -0.2) is 16.9 Å². The van der Waals surface area contributed by atoms with Crippen molar-refractivity contribution >= 4 is 5.91 Å². The van der Waals surface area contributed by atoms with E-state index in [9.17, 15) is 9.59 Å². The lowest BCUT2D eigenvalue weighted by Crippen LogP contribution is -2.38. The quantitative estimate of drug-likeness (QED) is 0.670. The number of carbonyl (C=O) groups is 1. The molecule has 5 heteroatoms. The Kier molecular flexibility index (Phi) is 4.25. The van der Waals surface area contributed by atoms with Crippen molar-refractivity contribution in [3.05, 3.63) is 34.2 Å². The molecule has 2 atom stereocenters. The normalized spacial score (nSPS) is 14.2. The van der Waals surface area contributed by atoms with E-state index in [4.69, 9.17) is 5.73 Å². The van der Waals surface area contributed by atoms with E-state index in [2.05, 4.69) is 10.3 Å². The van der Waals surface area contributed by atoms with E-state index in [0.717, 1.165) is 5.56 Å². The van der Waals surface area contributed by atoms with Gasteiger partial charge in [-0.05, 0) is 12.5 Å². The molecule has 88 valence electrons. The zero-order valence-electron chi connectivity index (χ0n) is 9.49. The van der Waals surface area contributed by atoms with Crippen molar-refractivity contribution in [2.75, 3.05) is 0 Å². The predicted octanol–water partition coefficient (Wildman–Crippen LogP) is -0.0256. The first-order valence-electron chi connectivity index (χ1n) is 5.21. The summed E-state index contributed by atoms with van der Waals surface area (Å²) < 4.78 is 0. The van der Waals surface area contributed by atoms with Crippen molar-refractivity contribution in [3.8, 4) is 0 Å². The number of hydrogen-bond acceptors (Lipinski definition) is 3. The molecule has 4 N–H and O–H groups in total. The number of aromatic nitrogens is 1. The number of nitrogens with one attached hydrogen (secondary N) is 2. The summed E-state index contributed by atoms with van der Waals surface area (Å²) in [4.78, 5) is 24.9. The van der Waals surface area contributed by atoms with Gasteiger partial charge in [0.2, 0.25) is 11.5 Å². The average molecular weight is 223 g/mol. The fraction of sp³-hybridized carbons (Fsp3) is 0.455. The van der Waals surface area contributed by atoms with Crippen molar-refractivity contribution in [2.45, 2.75) is 26.4 Å². The summed E-state index contributed by atoms with van der Waals surface area (Å²) in [5.74, 6) is -0.302. The number of nitrogens with two attached hydrogens (primary N) is 1. The Morgan fingerprint density at radius 1 is 1.50 bits per heavy atom. The number of aromatic amines is 1. The summed E-state index contributed by atoms with van der Waals surface area (Å²) >= 11 is 0. The van der Waals surface area contributed by atoms with Crippen LogP contribution in [0.2, 0.25) is 0 Å². The van der Waals surface area contributed by atoms with Crippen LogP contribution in [0.1, 0.15) is 19.4 Å². The summed E-state index contributed by atoms with van der Waals surface area (Å²) in [7, 11) is 0. The van der Waals surface area contributed by atoms with Gasteiger partial charge >= 0.3 is 0 Å². The molecule has 1 aromatic heterocycles. The van der Waals surface area contributed by atoms with E-state index in [-0.39, 0.29) is 23.4 Å². The minimum absolute atomic E-state index is 0.0822. The molecule has 0 radical (unpaired) electrons. The van der Waals surface area contributed by atoms with Gasteiger partial charge < -0.3 is 16.0 Å². The number of rotatable bonds is 4. The van der Waals surface area contributed by atoms with E-state index >= 15 is 0 Å². The van der Waals surface area contributed by atoms with Crippen molar-refractivity contribution in [2.24, 2.45) is 11.7 Å². The molecule has 0 spiro atoms. The second kappa shape index (κ2) is 5.46. The first kappa shape index (κ1) is 12.4. The van der Waals surface area contributed by atoms with Gasteiger partial charge in [-0.15, -0.1) is 0 Å². The highest BCUT2D eigenvalue weighted by Gasteiger charge is 2.16. The highest BCUT2D eigenvalue weighted by Crippen LogP contribution is 2.00. The summed E-state index contributed by atoms with van der Waals surface area (Å²) in [6, 6.07) is 2.93. The van der Waals surface area contributed by atoms with Gasteiger partial charge in [-0.1, -0.05) is 13.0 Å². The molecule has 0 bridgehead atoms. The fourth-order valence-corrected chi connectivity index (χ4v) is 1.14. The smallest absolute Gasteiger partial charge is 0.247 e. The van der Waals surface area contributed by atoms with Gasteiger partial charge in [0, 0.05) is 30.8 Å². The molecular weight excluding hydrogens is 206 g/mol. The average Bonchev–Trinajstić information content (AvgIpc) is 2.26. The molecule has 1 amide bonds. The Labute approximate surface area is 94.1 Å².